The van der Waals surface area contributed by atoms with Gasteiger partial charge in [-0.1, -0.05) is 39.3 Å². The number of ether oxygens (including phenoxy) is 1. The van der Waals surface area contributed by atoms with Crippen LogP contribution in [0, 0.1) is 0 Å². The monoisotopic (exact) mass is 301 g/mol. The highest BCUT2D eigenvalue weighted by Crippen LogP contribution is 2.43. The van der Waals surface area contributed by atoms with E-state index >= 15 is 0 Å². The first kappa shape index (κ1) is 15.4. The van der Waals surface area contributed by atoms with Gasteiger partial charge >= 0.3 is 0 Å². The Morgan fingerprint density at radius 2 is 2.05 bits per heavy atom. The summed E-state index contributed by atoms with van der Waals surface area (Å²) in [7, 11) is 0. The molecule has 0 spiro atoms. The van der Waals surface area contributed by atoms with E-state index in [1.54, 1.807) is 0 Å². The number of amides is 1. The van der Waals surface area contributed by atoms with Crippen molar-refractivity contribution < 1.29 is 9.53 Å². The predicted molar refractivity (Wildman–Crippen MR) is 88.2 cm³/mol. The molecule has 2 unspecified atom stereocenters. The van der Waals surface area contributed by atoms with E-state index in [1.807, 2.05) is 0 Å². The van der Waals surface area contributed by atoms with Gasteiger partial charge in [-0.25, -0.2) is 0 Å². The van der Waals surface area contributed by atoms with E-state index in [2.05, 4.69) is 49.9 Å². The number of nitrogens with zero attached hydrogens (tertiary/aromatic N) is 1. The molecule has 1 amide bonds. The molecule has 2 heterocycles. The summed E-state index contributed by atoms with van der Waals surface area (Å²) in [6.07, 6.45) is 5.07. The van der Waals surface area contributed by atoms with Crippen LogP contribution in [0.5, 0.6) is 5.75 Å². The van der Waals surface area contributed by atoms with E-state index < -0.39 is 0 Å². The molecule has 0 aliphatic carbocycles. The van der Waals surface area contributed by atoms with Gasteiger partial charge in [0.25, 0.3) is 0 Å². The lowest BCUT2D eigenvalue weighted by atomic mass is 9.88. The fourth-order valence-electron chi connectivity index (χ4n) is 4.10. The van der Waals surface area contributed by atoms with Gasteiger partial charge in [-0.2, -0.15) is 0 Å². The van der Waals surface area contributed by atoms with Crippen LogP contribution in [0.15, 0.2) is 24.3 Å². The molecule has 3 nitrogen and oxygen atoms in total. The summed E-state index contributed by atoms with van der Waals surface area (Å²) in [5.41, 5.74) is 1.41. The van der Waals surface area contributed by atoms with Crippen molar-refractivity contribution in [1.29, 1.82) is 0 Å². The topological polar surface area (TPSA) is 29.5 Å². The van der Waals surface area contributed by atoms with Crippen molar-refractivity contribution in [2.24, 2.45) is 0 Å². The second-order valence-corrected chi connectivity index (χ2v) is 7.15. The zero-order valence-corrected chi connectivity index (χ0v) is 14.0. The van der Waals surface area contributed by atoms with Crippen LogP contribution in [0.1, 0.15) is 64.4 Å². The highest BCUT2D eigenvalue weighted by atomic mass is 16.5. The minimum atomic E-state index is 0.0778. The molecule has 0 N–H and O–H groups in total. The summed E-state index contributed by atoms with van der Waals surface area (Å²) in [6.45, 7) is 7.35. The molecule has 1 aromatic carbocycles. The summed E-state index contributed by atoms with van der Waals surface area (Å²) in [4.78, 5) is 14.2. The maximum Gasteiger partial charge on any atom is 0.223 e. The van der Waals surface area contributed by atoms with E-state index in [0.717, 1.165) is 44.4 Å². The molecule has 2 atom stereocenters. The number of hydrogen-bond acceptors (Lipinski definition) is 2. The number of hydrogen-bond donors (Lipinski definition) is 0. The Hall–Kier alpha value is -1.51. The molecular formula is C19H27NO2. The first-order chi connectivity index (χ1) is 10.5. The highest BCUT2D eigenvalue weighted by Gasteiger charge is 2.51. The Bertz CT molecular complexity index is 537. The van der Waals surface area contributed by atoms with Gasteiger partial charge in [0.05, 0.1) is 6.54 Å². The van der Waals surface area contributed by atoms with Crippen molar-refractivity contribution in [3.63, 3.8) is 0 Å². The number of carbonyl (C=O) groups excluding carboxylic acids is 1. The summed E-state index contributed by atoms with van der Waals surface area (Å²) < 4.78 is 6.17. The minimum absolute atomic E-state index is 0.0778. The van der Waals surface area contributed by atoms with Gasteiger partial charge in [0.1, 0.15) is 11.9 Å². The molecule has 2 saturated heterocycles. The van der Waals surface area contributed by atoms with Crippen LogP contribution in [0.2, 0.25) is 0 Å². The Morgan fingerprint density at radius 1 is 1.32 bits per heavy atom. The third-order valence-electron chi connectivity index (χ3n) is 5.24. The second kappa shape index (κ2) is 5.94. The van der Waals surface area contributed by atoms with Crippen molar-refractivity contribution in [3.05, 3.63) is 29.8 Å². The van der Waals surface area contributed by atoms with Gasteiger partial charge in [0.2, 0.25) is 5.91 Å². The fraction of sp³-hybridized carbons (Fsp3) is 0.632. The molecule has 2 fully saturated rings. The lowest BCUT2D eigenvalue weighted by Gasteiger charge is -2.31. The van der Waals surface area contributed by atoms with Gasteiger partial charge in [0, 0.05) is 18.4 Å². The second-order valence-electron chi connectivity index (χ2n) is 7.15. The van der Waals surface area contributed by atoms with Crippen molar-refractivity contribution in [2.75, 3.05) is 6.54 Å². The van der Waals surface area contributed by atoms with Crippen LogP contribution in [0.25, 0.3) is 0 Å². The predicted octanol–water partition coefficient (Wildman–Crippen LogP) is 4.12. The molecule has 0 saturated carbocycles. The zero-order valence-electron chi connectivity index (χ0n) is 14.0. The molecule has 0 bridgehead atoms. The molecule has 3 heteroatoms. The number of carbonyl (C=O) groups is 1. The molecule has 1 aromatic rings. The Balaban J connectivity index is 1.68. The SMILES string of the molecule is CCCC12CCC(=O)N1CC(Oc1ccc(C(C)C)cc1)C2. The molecule has 0 aromatic heterocycles. The van der Waals surface area contributed by atoms with Crippen molar-refractivity contribution >= 4 is 5.91 Å². The quantitative estimate of drug-likeness (QED) is 0.818. The number of rotatable bonds is 5. The normalized spacial score (nSPS) is 27.5. The van der Waals surface area contributed by atoms with Crippen LogP contribution in [-0.4, -0.2) is 29.0 Å². The van der Waals surface area contributed by atoms with E-state index in [4.69, 9.17) is 4.74 Å². The first-order valence-electron chi connectivity index (χ1n) is 8.61. The summed E-state index contributed by atoms with van der Waals surface area (Å²) in [5, 5.41) is 0. The van der Waals surface area contributed by atoms with Crippen LogP contribution in [0.4, 0.5) is 0 Å². The zero-order chi connectivity index (χ0) is 15.7. The standard InChI is InChI=1S/C19H27NO2/c1-4-10-19-11-9-18(21)20(19)13-17(12-19)22-16-7-5-15(6-8-16)14(2)3/h5-8,14,17H,4,9-13H2,1-3H3. The van der Waals surface area contributed by atoms with Crippen molar-refractivity contribution in [3.8, 4) is 5.75 Å². The van der Waals surface area contributed by atoms with Gasteiger partial charge in [-0.3, -0.25) is 4.79 Å². The first-order valence-corrected chi connectivity index (χ1v) is 8.61. The lowest BCUT2D eigenvalue weighted by molar-refractivity contribution is -0.130. The molecule has 0 radical (unpaired) electrons. The van der Waals surface area contributed by atoms with E-state index in [-0.39, 0.29) is 11.6 Å². The average molecular weight is 301 g/mol. The van der Waals surface area contributed by atoms with E-state index in [1.165, 1.54) is 5.56 Å². The van der Waals surface area contributed by atoms with Crippen LogP contribution >= 0.6 is 0 Å². The summed E-state index contributed by atoms with van der Waals surface area (Å²) in [5.74, 6) is 1.78. The van der Waals surface area contributed by atoms with Gasteiger partial charge in [-0.05, 0) is 36.5 Å². The maximum absolute atomic E-state index is 12.1. The number of fused-ring (bicyclic) bond motifs is 1. The number of benzene rings is 1. The highest BCUT2D eigenvalue weighted by molar-refractivity contribution is 5.80. The smallest absolute Gasteiger partial charge is 0.223 e. The fourth-order valence-corrected chi connectivity index (χ4v) is 4.10. The van der Waals surface area contributed by atoms with Crippen LogP contribution < -0.4 is 4.74 Å². The third-order valence-corrected chi connectivity index (χ3v) is 5.24. The van der Waals surface area contributed by atoms with Gasteiger partial charge in [-0.15, -0.1) is 0 Å². The molecular weight excluding hydrogens is 274 g/mol. The van der Waals surface area contributed by atoms with Crippen molar-refractivity contribution in [2.45, 2.75) is 70.4 Å². The van der Waals surface area contributed by atoms with E-state index in [9.17, 15) is 4.79 Å². The molecule has 2 aliphatic rings. The Morgan fingerprint density at radius 3 is 2.68 bits per heavy atom. The summed E-state index contributed by atoms with van der Waals surface area (Å²) >= 11 is 0. The molecule has 3 rings (SSSR count). The Labute approximate surface area is 133 Å². The van der Waals surface area contributed by atoms with Crippen molar-refractivity contribution in [1.82, 2.24) is 4.90 Å². The maximum atomic E-state index is 12.1. The molecule has 22 heavy (non-hydrogen) atoms. The third kappa shape index (κ3) is 2.73. The molecule has 120 valence electrons. The largest absolute Gasteiger partial charge is 0.488 e. The van der Waals surface area contributed by atoms with Crippen LogP contribution in [-0.2, 0) is 4.79 Å². The van der Waals surface area contributed by atoms with Crippen LogP contribution in [0.3, 0.4) is 0 Å². The van der Waals surface area contributed by atoms with Gasteiger partial charge < -0.3 is 9.64 Å². The van der Waals surface area contributed by atoms with Gasteiger partial charge in [0.15, 0.2) is 0 Å². The average Bonchev–Trinajstić information content (AvgIpc) is 2.97. The Kier molecular flexibility index (Phi) is 4.16. The minimum Gasteiger partial charge on any atom is -0.488 e. The lowest BCUT2D eigenvalue weighted by Crippen LogP contribution is -2.40. The summed E-state index contributed by atoms with van der Waals surface area (Å²) in [6, 6.07) is 8.41. The molecule has 2 aliphatic heterocycles. The van der Waals surface area contributed by atoms with E-state index in [0.29, 0.717) is 11.8 Å².